The normalized spacial score (nSPS) is 9.00. The molecule has 13 heavy (non-hydrogen) atoms. The van der Waals surface area contributed by atoms with Crippen molar-refractivity contribution in [2.24, 2.45) is 0 Å². The number of carbonyl (C=O) groups excluding carboxylic acids is 2. The lowest BCUT2D eigenvalue weighted by atomic mass is 10.1. The first kappa shape index (κ1) is 15.1. The molecular weight excluding hydrogens is 188 g/mol. The van der Waals surface area contributed by atoms with Gasteiger partial charge in [0.2, 0.25) is 0 Å². The van der Waals surface area contributed by atoms with E-state index in [9.17, 15) is 9.59 Å². The number of ketones is 1. The minimum Gasteiger partial charge on any atom is -0.303 e. The molecule has 0 unspecified atom stereocenters. The second-order valence-electron chi connectivity index (χ2n) is 3.07. The Kier molecular flexibility index (Phi) is 13.5. The number of aldehydes is 1. The van der Waals surface area contributed by atoms with Crippen LogP contribution in [0, 0.1) is 0 Å². The quantitative estimate of drug-likeness (QED) is 0.348. The van der Waals surface area contributed by atoms with Gasteiger partial charge in [0.05, 0.1) is 6.42 Å². The molecule has 0 aliphatic heterocycles. The van der Waals surface area contributed by atoms with Crippen LogP contribution >= 0.6 is 12.4 Å². The predicted octanol–water partition coefficient (Wildman–Crippen LogP) is 2.93. The van der Waals surface area contributed by atoms with E-state index in [1.54, 1.807) is 0 Å². The van der Waals surface area contributed by atoms with E-state index in [-0.39, 0.29) is 24.6 Å². The van der Waals surface area contributed by atoms with Crippen molar-refractivity contribution in [3.8, 4) is 0 Å². The third-order valence-electron chi connectivity index (χ3n) is 1.87. The van der Waals surface area contributed by atoms with Gasteiger partial charge in [0.15, 0.2) is 0 Å². The molecule has 0 bridgehead atoms. The highest BCUT2D eigenvalue weighted by molar-refractivity contribution is 5.89. The largest absolute Gasteiger partial charge is 0.303 e. The summed E-state index contributed by atoms with van der Waals surface area (Å²) in [7, 11) is 0. The van der Waals surface area contributed by atoms with Crippen molar-refractivity contribution in [3.63, 3.8) is 0 Å². The van der Waals surface area contributed by atoms with Gasteiger partial charge < -0.3 is 4.79 Å². The summed E-state index contributed by atoms with van der Waals surface area (Å²) >= 11 is 0. The van der Waals surface area contributed by atoms with Crippen molar-refractivity contribution in [2.45, 2.75) is 51.9 Å². The molecule has 0 aromatic carbocycles. The summed E-state index contributed by atoms with van der Waals surface area (Å²) in [5.74, 6) is 0.0847. The zero-order valence-corrected chi connectivity index (χ0v) is 9.07. The smallest absolute Gasteiger partial charge is 0.139 e. The molecule has 2 nitrogen and oxygen atoms in total. The minimum atomic E-state index is 0. The van der Waals surface area contributed by atoms with Crippen molar-refractivity contribution in [2.75, 3.05) is 0 Å². The number of halogens is 1. The van der Waals surface area contributed by atoms with E-state index in [0.717, 1.165) is 12.8 Å². The van der Waals surface area contributed by atoms with Crippen LogP contribution in [-0.4, -0.2) is 12.1 Å². The minimum absolute atomic E-state index is 0. The maximum absolute atomic E-state index is 10.8. The summed E-state index contributed by atoms with van der Waals surface area (Å²) in [4.78, 5) is 20.8. The second kappa shape index (κ2) is 11.6. The van der Waals surface area contributed by atoms with Crippen molar-refractivity contribution in [1.82, 2.24) is 0 Å². The van der Waals surface area contributed by atoms with Gasteiger partial charge in [0, 0.05) is 6.42 Å². The molecule has 0 heterocycles. The lowest BCUT2D eigenvalue weighted by Crippen LogP contribution is -1.97. The first-order valence-corrected chi connectivity index (χ1v) is 4.76. The fraction of sp³-hybridized carbons (Fsp3) is 0.800. The molecule has 0 saturated heterocycles. The van der Waals surface area contributed by atoms with Crippen molar-refractivity contribution < 1.29 is 9.59 Å². The summed E-state index contributed by atoms with van der Waals surface area (Å²) in [5.41, 5.74) is 0. The lowest BCUT2D eigenvalue weighted by molar-refractivity contribution is -0.122. The van der Waals surface area contributed by atoms with Crippen LogP contribution in [0.15, 0.2) is 0 Å². The Hall–Kier alpha value is -0.370. The highest BCUT2D eigenvalue weighted by Crippen LogP contribution is 2.05. The van der Waals surface area contributed by atoms with E-state index in [2.05, 4.69) is 6.92 Å². The molecule has 0 N–H and O–H groups in total. The molecule has 0 amide bonds. The number of Topliss-reactive ketones (excluding diaryl/α,β-unsaturated/α-hetero) is 1. The number of unbranched alkanes of at least 4 members (excludes halogenated alkanes) is 4. The summed E-state index contributed by atoms with van der Waals surface area (Å²) in [6.45, 7) is 2.16. The van der Waals surface area contributed by atoms with Gasteiger partial charge in [0.25, 0.3) is 0 Å². The number of hydrogen-bond acceptors (Lipinski definition) is 2. The van der Waals surface area contributed by atoms with Crippen LogP contribution in [0.2, 0.25) is 0 Å². The molecule has 0 atom stereocenters. The van der Waals surface area contributed by atoms with E-state index in [1.807, 2.05) is 0 Å². The van der Waals surface area contributed by atoms with Crippen molar-refractivity contribution >= 4 is 24.5 Å². The van der Waals surface area contributed by atoms with Gasteiger partial charge in [-0.05, 0) is 6.42 Å². The van der Waals surface area contributed by atoms with E-state index >= 15 is 0 Å². The highest BCUT2D eigenvalue weighted by Gasteiger charge is 1.99. The van der Waals surface area contributed by atoms with Crippen LogP contribution in [-0.2, 0) is 9.59 Å². The van der Waals surface area contributed by atoms with Gasteiger partial charge in [-0.3, -0.25) is 4.79 Å². The molecule has 0 aromatic rings. The summed E-state index contributed by atoms with van der Waals surface area (Å²) in [5, 5.41) is 0. The monoisotopic (exact) mass is 206 g/mol. The molecule has 0 fully saturated rings. The average molecular weight is 207 g/mol. The maximum Gasteiger partial charge on any atom is 0.139 e. The third-order valence-corrected chi connectivity index (χ3v) is 1.87. The van der Waals surface area contributed by atoms with Gasteiger partial charge in [-0.1, -0.05) is 32.6 Å². The molecular formula is C10H19ClO2. The first-order valence-electron chi connectivity index (χ1n) is 4.76. The van der Waals surface area contributed by atoms with Gasteiger partial charge in [-0.2, -0.15) is 0 Å². The fourth-order valence-electron chi connectivity index (χ4n) is 1.12. The van der Waals surface area contributed by atoms with Gasteiger partial charge in [-0.25, -0.2) is 0 Å². The Balaban J connectivity index is 0. The van der Waals surface area contributed by atoms with E-state index in [1.165, 1.54) is 19.3 Å². The Morgan fingerprint density at radius 2 is 1.77 bits per heavy atom. The molecule has 0 aliphatic rings. The molecule has 78 valence electrons. The average Bonchev–Trinajstić information content (AvgIpc) is 2.05. The Labute approximate surface area is 86.5 Å². The van der Waals surface area contributed by atoms with E-state index in [0.29, 0.717) is 12.7 Å². The molecule has 0 spiro atoms. The Bertz CT molecular complexity index is 135. The van der Waals surface area contributed by atoms with Crippen molar-refractivity contribution in [1.29, 1.82) is 0 Å². The predicted molar refractivity (Wildman–Crippen MR) is 56.3 cm³/mol. The zero-order chi connectivity index (χ0) is 9.23. The van der Waals surface area contributed by atoms with Crippen LogP contribution in [0.1, 0.15) is 51.9 Å². The van der Waals surface area contributed by atoms with Gasteiger partial charge in [-0.15, -0.1) is 12.4 Å². The summed E-state index contributed by atoms with van der Waals surface area (Å²) in [6, 6.07) is 0. The zero-order valence-electron chi connectivity index (χ0n) is 8.25. The first-order chi connectivity index (χ1) is 5.81. The summed E-state index contributed by atoms with van der Waals surface area (Å²) in [6.07, 6.45) is 7.14. The number of rotatable bonds is 8. The highest BCUT2D eigenvalue weighted by atomic mass is 35.5. The Morgan fingerprint density at radius 1 is 1.15 bits per heavy atom. The van der Waals surface area contributed by atoms with Crippen LogP contribution in [0.25, 0.3) is 0 Å². The molecule has 0 rings (SSSR count). The van der Waals surface area contributed by atoms with Crippen LogP contribution < -0.4 is 0 Å². The van der Waals surface area contributed by atoms with Crippen LogP contribution in [0.3, 0.4) is 0 Å². The third kappa shape index (κ3) is 11.6. The number of hydrogen-bond donors (Lipinski definition) is 0. The molecule has 3 heteroatoms. The van der Waals surface area contributed by atoms with Crippen LogP contribution in [0.5, 0.6) is 0 Å². The van der Waals surface area contributed by atoms with Gasteiger partial charge >= 0.3 is 0 Å². The van der Waals surface area contributed by atoms with Crippen LogP contribution in [0.4, 0.5) is 0 Å². The number of carbonyl (C=O) groups is 2. The second-order valence-corrected chi connectivity index (χ2v) is 3.07. The van der Waals surface area contributed by atoms with Crippen molar-refractivity contribution in [3.05, 3.63) is 0 Å². The topological polar surface area (TPSA) is 34.1 Å². The summed E-state index contributed by atoms with van der Waals surface area (Å²) < 4.78 is 0. The molecule has 0 radical (unpaired) electrons. The maximum atomic E-state index is 10.8. The van der Waals surface area contributed by atoms with E-state index in [4.69, 9.17) is 0 Å². The Morgan fingerprint density at radius 3 is 2.31 bits per heavy atom. The van der Waals surface area contributed by atoms with E-state index < -0.39 is 0 Å². The standard InChI is InChI=1S/C10H18O2.ClH/c1-2-3-4-5-6-7-10(12)8-9-11;/h9H,2-8H2,1H3;1H. The SMILES string of the molecule is CCCCCCCC(=O)CC=O.Cl. The lowest BCUT2D eigenvalue weighted by Gasteiger charge is -1.97. The molecule has 0 aliphatic carbocycles. The molecule has 0 aromatic heterocycles. The van der Waals surface area contributed by atoms with Gasteiger partial charge in [0.1, 0.15) is 12.1 Å². The molecule has 0 saturated carbocycles. The fourth-order valence-corrected chi connectivity index (χ4v) is 1.12.